The van der Waals surface area contributed by atoms with E-state index in [0.717, 1.165) is 12.0 Å². The van der Waals surface area contributed by atoms with Gasteiger partial charge in [0.2, 0.25) is 5.91 Å². The second kappa shape index (κ2) is 8.44. The SMILES string of the molecule is Cc1ccc(NC(=O)[C@H]2CCCN(C(=O)c3cc(-c4ccncc4)n[nH]3)C2)cc1F. The number of piperidine rings is 1. The number of aryl methyl sites for hydroxylation is 1. The first-order chi connectivity index (χ1) is 14.5. The van der Waals surface area contributed by atoms with Gasteiger partial charge in [-0.25, -0.2) is 4.39 Å². The van der Waals surface area contributed by atoms with Gasteiger partial charge in [-0.1, -0.05) is 6.07 Å². The summed E-state index contributed by atoms with van der Waals surface area (Å²) in [4.78, 5) is 31.2. The van der Waals surface area contributed by atoms with Crippen molar-refractivity contribution in [3.8, 4) is 11.3 Å². The summed E-state index contributed by atoms with van der Waals surface area (Å²) in [6.45, 7) is 2.55. The number of pyridine rings is 1. The van der Waals surface area contributed by atoms with E-state index in [-0.39, 0.29) is 23.5 Å². The van der Waals surface area contributed by atoms with Gasteiger partial charge in [0.25, 0.3) is 5.91 Å². The van der Waals surface area contributed by atoms with Gasteiger partial charge < -0.3 is 10.2 Å². The van der Waals surface area contributed by atoms with Crippen molar-refractivity contribution in [2.45, 2.75) is 19.8 Å². The van der Waals surface area contributed by atoms with Crippen LogP contribution in [0.4, 0.5) is 10.1 Å². The molecule has 2 aromatic heterocycles. The summed E-state index contributed by atoms with van der Waals surface area (Å²) >= 11 is 0. The van der Waals surface area contributed by atoms with E-state index >= 15 is 0 Å². The number of rotatable bonds is 4. The molecule has 8 heteroatoms. The van der Waals surface area contributed by atoms with Crippen LogP contribution >= 0.6 is 0 Å². The summed E-state index contributed by atoms with van der Waals surface area (Å²) < 4.78 is 13.7. The van der Waals surface area contributed by atoms with Crippen molar-refractivity contribution < 1.29 is 14.0 Å². The highest BCUT2D eigenvalue weighted by Crippen LogP contribution is 2.23. The third-order valence-electron chi connectivity index (χ3n) is 5.30. The Bertz CT molecular complexity index is 1070. The zero-order chi connectivity index (χ0) is 21.1. The summed E-state index contributed by atoms with van der Waals surface area (Å²) in [5.74, 6) is -1.12. The molecule has 1 aromatic carbocycles. The van der Waals surface area contributed by atoms with Crippen molar-refractivity contribution in [3.63, 3.8) is 0 Å². The number of hydrogen-bond donors (Lipinski definition) is 2. The molecule has 7 nitrogen and oxygen atoms in total. The minimum atomic E-state index is -0.363. The van der Waals surface area contributed by atoms with E-state index in [9.17, 15) is 14.0 Å². The Morgan fingerprint density at radius 3 is 2.77 bits per heavy atom. The molecule has 30 heavy (non-hydrogen) atoms. The number of likely N-dealkylation sites (tertiary alicyclic amines) is 1. The number of anilines is 1. The largest absolute Gasteiger partial charge is 0.337 e. The van der Waals surface area contributed by atoms with Crippen LogP contribution in [0.3, 0.4) is 0 Å². The Hall–Kier alpha value is -3.55. The van der Waals surface area contributed by atoms with Crippen LogP contribution in [0.5, 0.6) is 0 Å². The Morgan fingerprint density at radius 2 is 2.00 bits per heavy atom. The maximum atomic E-state index is 13.7. The van der Waals surface area contributed by atoms with Crippen LogP contribution in [0, 0.1) is 18.7 Å². The lowest BCUT2D eigenvalue weighted by Crippen LogP contribution is -2.43. The van der Waals surface area contributed by atoms with Crippen LogP contribution in [-0.4, -0.2) is 45.0 Å². The molecule has 0 radical (unpaired) electrons. The molecule has 1 fully saturated rings. The molecule has 154 valence electrons. The van der Waals surface area contributed by atoms with Gasteiger partial charge in [0.15, 0.2) is 0 Å². The third kappa shape index (κ3) is 4.22. The molecule has 1 saturated heterocycles. The summed E-state index contributed by atoms with van der Waals surface area (Å²) in [5.41, 5.74) is 2.84. The fourth-order valence-electron chi connectivity index (χ4n) is 3.56. The van der Waals surface area contributed by atoms with E-state index in [0.29, 0.717) is 42.1 Å². The van der Waals surface area contributed by atoms with Gasteiger partial charge in [-0.3, -0.25) is 19.7 Å². The summed E-state index contributed by atoms with van der Waals surface area (Å²) in [6.07, 6.45) is 4.73. The Morgan fingerprint density at radius 1 is 1.20 bits per heavy atom. The van der Waals surface area contributed by atoms with Crippen molar-refractivity contribution >= 4 is 17.5 Å². The molecule has 2 N–H and O–H groups in total. The molecule has 1 aliphatic heterocycles. The Labute approximate surface area is 173 Å². The highest BCUT2D eigenvalue weighted by molar-refractivity contribution is 5.95. The highest BCUT2D eigenvalue weighted by atomic mass is 19.1. The third-order valence-corrected chi connectivity index (χ3v) is 5.30. The average molecular weight is 407 g/mol. The highest BCUT2D eigenvalue weighted by Gasteiger charge is 2.30. The molecule has 3 heterocycles. The van der Waals surface area contributed by atoms with Gasteiger partial charge in [-0.2, -0.15) is 5.10 Å². The molecule has 0 spiro atoms. The van der Waals surface area contributed by atoms with E-state index in [1.54, 1.807) is 42.4 Å². The van der Waals surface area contributed by atoms with Crippen LogP contribution in [-0.2, 0) is 4.79 Å². The van der Waals surface area contributed by atoms with E-state index in [4.69, 9.17) is 0 Å². The lowest BCUT2D eigenvalue weighted by atomic mass is 9.96. The minimum absolute atomic E-state index is 0.193. The van der Waals surface area contributed by atoms with E-state index in [1.807, 2.05) is 12.1 Å². The second-order valence-corrected chi connectivity index (χ2v) is 7.45. The van der Waals surface area contributed by atoms with Crippen molar-refractivity contribution in [2.75, 3.05) is 18.4 Å². The zero-order valence-electron chi connectivity index (χ0n) is 16.6. The minimum Gasteiger partial charge on any atom is -0.337 e. The molecule has 3 aromatic rings. The normalized spacial score (nSPS) is 16.3. The second-order valence-electron chi connectivity index (χ2n) is 7.45. The number of carbonyl (C=O) groups is 2. The molecule has 0 bridgehead atoms. The summed E-state index contributed by atoms with van der Waals surface area (Å²) in [7, 11) is 0. The van der Waals surface area contributed by atoms with Crippen molar-refractivity contribution in [3.05, 3.63) is 65.9 Å². The monoisotopic (exact) mass is 407 g/mol. The van der Waals surface area contributed by atoms with E-state index in [2.05, 4.69) is 20.5 Å². The molecule has 0 unspecified atom stereocenters. The van der Waals surface area contributed by atoms with Crippen LogP contribution in [0.2, 0.25) is 0 Å². The predicted molar refractivity (Wildman–Crippen MR) is 110 cm³/mol. The first kappa shape index (κ1) is 19.8. The van der Waals surface area contributed by atoms with Crippen LogP contribution < -0.4 is 5.32 Å². The standard InChI is InChI=1S/C22H22FN5O2/c1-14-4-5-17(11-18(14)23)25-21(29)16-3-2-10-28(13-16)22(30)20-12-19(26-27-20)15-6-8-24-9-7-15/h4-9,11-12,16H,2-3,10,13H2,1H3,(H,25,29)(H,26,27)/t16-/m0/s1. The van der Waals surface area contributed by atoms with Crippen LogP contribution in [0.25, 0.3) is 11.3 Å². The number of nitrogens with one attached hydrogen (secondary N) is 2. The smallest absolute Gasteiger partial charge is 0.271 e. The maximum Gasteiger partial charge on any atom is 0.271 e. The Balaban J connectivity index is 1.42. The summed E-state index contributed by atoms with van der Waals surface area (Å²) in [5, 5.41) is 9.77. The number of benzene rings is 1. The molecular weight excluding hydrogens is 385 g/mol. The number of amides is 2. The van der Waals surface area contributed by atoms with Crippen molar-refractivity contribution in [2.24, 2.45) is 5.92 Å². The molecule has 1 atom stereocenters. The molecular formula is C22H22FN5O2. The average Bonchev–Trinajstić information content (AvgIpc) is 3.27. The fourth-order valence-corrected chi connectivity index (χ4v) is 3.56. The van der Waals surface area contributed by atoms with Gasteiger partial charge in [-0.05, 0) is 55.7 Å². The van der Waals surface area contributed by atoms with Crippen LogP contribution in [0.1, 0.15) is 28.9 Å². The van der Waals surface area contributed by atoms with Gasteiger partial charge in [0, 0.05) is 36.7 Å². The lowest BCUT2D eigenvalue weighted by Gasteiger charge is -2.31. The molecule has 0 saturated carbocycles. The first-order valence-corrected chi connectivity index (χ1v) is 9.83. The number of H-pyrrole nitrogens is 1. The fraction of sp³-hybridized carbons (Fsp3) is 0.273. The molecule has 1 aliphatic rings. The predicted octanol–water partition coefficient (Wildman–Crippen LogP) is 3.41. The van der Waals surface area contributed by atoms with Gasteiger partial charge >= 0.3 is 0 Å². The van der Waals surface area contributed by atoms with Crippen molar-refractivity contribution in [1.29, 1.82) is 0 Å². The van der Waals surface area contributed by atoms with Gasteiger partial charge in [0.05, 0.1) is 11.6 Å². The number of aromatic amines is 1. The quantitative estimate of drug-likeness (QED) is 0.693. The van der Waals surface area contributed by atoms with Crippen molar-refractivity contribution in [1.82, 2.24) is 20.1 Å². The Kier molecular flexibility index (Phi) is 5.56. The molecule has 4 rings (SSSR count). The molecule has 0 aliphatic carbocycles. The van der Waals surface area contributed by atoms with Gasteiger partial charge in [0.1, 0.15) is 11.5 Å². The number of aromatic nitrogens is 3. The van der Waals surface area contributed by atoms with E-state index in [1.165, 1.54) is 6.07 Å². The van der Waals surface area contributed by atoms with Crippen LogP contribution in [0.15, 0.2) is 48.8 Å². The number of carbonyl (C=O) groups excluding carboxylic acids is 2. The number of halogens is 1. The van der Waals surface area contributed by atoms with E-state index < -0.39 is 0 Å². The number of nitrogens with zero attached hydrogens (tertiary/aromatic N) is 3. The zero-order valence-corrected chi connectivity index (χ0v) is 16.6. The lowest BCUT2D eigenvalue weighted by molar-refractivity contribution is -0.121. The molecule has 2 amide bonds. The topological polar surface area (TPSA) is 91.0 Å². The number of hydrogen-bond acceptors (Lipinski definition) is 4. The van der Waals surface area contributed by atoms with Gasteiger partial charge in [-0.15, -0.1) is 0 Å². The summed E-state index contributed by atoms with van der Waals surface area (Å²) in [6, 6.07) is 9.95. The maximum absolute atomic E-state index is 13.7. The first-order valence-electron chi connectivity index (χ1n) is 9.83.